The summed E-state index contributed by atoms with van der Waals surface area (Å²) >= 11 is 1.75. The number of rotatable bonds is 5. The lowest BCUT2D eigenvalue weighted by Crippen LogP contribution is -2.13. The van der Waals surface area contributed by atoms with E-state index in [2.05, 4.69) is 23.3 Å². The molecule has 0 aliphatic heterocycles. The molecule has 4 heteroatoms. The van der Waals surface area contributed by atoms with Crippen LogP contribution in [0, 0.1) is 13.8 Å². The number of ether oxygens (including phenoxy) is 1. The third-order valence-electron chi connectivity index (χ3n) is 2.79. The maximum Gasteiger partial charge on any atom is 0.123 e. The van der Waals surface area contributed by atoms with E-state index >= 15 is 0 Å². The molecule has 96 valence electrons. The number of hydrogen-bond donors (Lipinski definition) is 1. The van der Waals surface area contributed by atoms with Crippen molar-refractivity contribution in [2.45, 2.75) is 26.9 Å². The van der Waals surface area contributed by atoms with Gasteiger partial charge in [0.05, 0.1) is 17.8 Å². The second-order valence-corrected chi connectivity index (χ2v) is 5.44. The number of aryl methyl sites for hydroxylation is 2. The van der Waals surface area contributed by atoms with Gasteiger partial charge in [0.15, 0.2) is 0 Å². The van der Waals surface area contributed by atoms with Crippen molar-refractivity contribution in [1.29, 1.82) is 0 Å². The van der Waals surface area contributed by atoms with Crippen LogP contribution in [-0.2, 0) is 13.1 Å². The molecule has 1 heterocycles. The SMILES string of the molecule is COc1ccccc1CNCc1sc(C)nc1C. The molecule has 0 saturated heterocycles. The van der Waals surface area contributed by atoms with Gasteiger partial charge >= 0.3 is 0 Å². The number of aromatic nitrogens is 1. The molecule has 1 N–H and O–H groups in total. The third-order valence-corrected chi connectivity index (χ3v) is 3.87. The minimum absolute atomic E-state index is 0.806. The van der Waals surface area contributed by atoms with Crippen molar-refractivity contribution in [3.63, 3.8) is 0 Å². The average molecular weight is 262 g/mol. The molecule has 2 rings (SSSR count). The lowest BCUT2D eigenvalue weighted by atomic mass is 10.2. The molecule has 0 unspecified atom stereocenters. The number of benzene rings is 1. The highest BCUT2D eigenvalue weighted by Gasteiger charge is 2.05. The van der Waals surface area contributed by atoms with Gasteiger partial charge in [-0.3, -0.25) is 0 Å². The second kappa shape index (κ2) is 5.98. The number of thiazole rings is 1. The Bertz CT molecular complexity index is 522. The minimum atomic E-state index is 0.806. The Labute approximate surface area is 112 Å². The molecule has 0 spiro atoms. The van der Waals surface area contributed by atoms with Crippen LogP contribution in [-0.4, -0.2) is 12.1 Å². The predicted octanol–water partition coefficient (Wildman–Crippen LogP) is 3.06. The number of para-hydroxylation sites is 1. The van der Waals surface area contributed by atoms with Crippen LogP contribution in [0.25, 0.3) is 0 Å². The molecule has 0 aliphatic carbocycles. The zero-order chi connectivity index (χ0) is 13.0. The fourth-order valence-electron chi connectivity index (χ4n) is 1.90. The van der Waals surface area contributed by atoms with Crippen LogP contribution in [0.1, 0.15) is 21.1 Å². The van der Waals surface area contributed by atoms with Crippen molar-refractivity contribution < 1.29 is 4.74 Å². The Hall–Kier alpha value is -1.39. The van der Waals surface area contributed by atoms with E-state index in [-0.39, 0.29) is 0 Å². The standard InChI is InChI=1S/C14H18N2OS/c1-10-14(18-11(2)16-10)9-15-8-12-6-4-5-7-13(12)17-3/h4-7,15H,8-9H2,1-3H3. The summed E-state index contributed by atoms with van der Waals surface area (Å²) in [7, 11) is 1.70. The van der Waals surface area contributed by atoms with Crippen molar-refractivity contribution in [1.82, 2.24) is 10.3 Å². The van der Waals surface area contributed by atoms with E-state index in [1.165, 1.54) is 10.4 Å². The largest absolute Gasteiger partial charge is 0.496 e. The van der Waals surface area contributed by atoms with E-state index in [1.807, 2.05) is 25.1 Å². The highest BCUT2D eigenvalue weighted by Crippen LogP contribution is 2.19. The van der Waals surface area contributed by atoms with E-state index in [4.69, 9.17) is 4.74 Å². The Morgan fingerprint density at radius 2 is 2.00 bits per heavy atom. The van der Waals surface area contributed by atoms with Gasteiger partial charge in [0, 0.05) is 23.5 Å². The molecule has 0 radical (unpaired) electrons. The molecule has 1 aromatic carbocycles. The Kier molecular flexibility index (Phi) is 4.33. The number of hydrogen-bond acceptors (Lipinski definition) is 4. The van der Waals surface area contributed by atoms with Crippen LogP contribution in [0.5, 0.6) is 5.75 Å². The molecule has 0 fully saturated rings. The second-order valence-electron chi connectivity index (χ2n) is 4.16. The first-order valence-electron chi connectivity index (χ1n) is 5.96. The van der Waals surface area contributed by atoms with Crippen LogP contribution in [0.4, 0.5) is 0 Å². The Balaban J connectivity index is 1.94. The fraction of sp³-hybridized carbons (Fsp3) is 0.357. The van der Waals surface area contributed by atoms with Crippen molar-refractivity contribution in [2.24, 2.45) is 0 Å². The normalized spacial score (nSPS) is 10.6. The van der Waals surface area contributed by atoms with Crippen molar-refractivity contribution >= 4 is 11.3 Å². The molecule has 0 amide bonds. The van der Waals surface area contributed by atoms with E-state index in [1.54, 1.807) is 18.4 Å². The van der Waals surface area contributed by atoms with Crippen molar-refractivity contribution in [3.8, 4) is 5.75 Å². The third kappa shape index (κ3) is 3.09. The van der Waals surface area contributed by atoms with Crippen LogP contribution in [0.2, 0.25) is 0 Å². The molecular formula is C14H18N2OS. The lowest BCUT2D eigenvalue weighted by molar-refractivity contribution is 0.407. The lowest BCUT2D eigenvalue weighted by Gasteiger charge is -2.08. The van der Waals surface area contributed by atoms with Crippen LogP contribution >= 0.6 is 11.3 Å². The summed E-state index contributed by atoms with van der Waals surface area (Å²) < 4.78 is 5.33. The van der Waals surface area contributed by atoms with Gasteiger partial charge in [-0.05, 0) is 19.9 Å². The summed E-state index contributed by atoms with van der Waals surface area (Å²) in [5.41, 5.74) is 2.31. The van der Waals surface area contributed by atoms with Gasteiger partial charge in [0.1, 0.15) is 5.75 Å². The first-order valence-corrected chi connectivity index (χ1v) is 6.78. The molecule has 3 nitrogen and oxygen atoms in total. The number of methoxy groups -OCH3 is 1. The number of nitrogens with one attached hydrogen (secondary N) is 1. The minimum Gasteiger partial charge on any atom is -0.496 e. The summed E-state index contributed by atoms with van der Waals surface area (Å²) in [5.74, 6) is 0.933. The summed E-state index contributed by atoms with van der Waals surface area (Å²) in [6.45, 7) is 5.76. The van der Waals surface area contributed by atoms with Gasteiger partial charge in [0.25, 0.3) is 0 Å². The Morgan fingerprint density at radius 1 is 1.22 bits per heavy atom. The zero-order valence-corrected chi connectivity index (χ0v) is 11.8. The van der Waals surface area contributed by atoms with E-state index in [0.29, 0.717) is 0 Å². The summed E-state index contributed by atoms with van der Waals surface area (Å²) in [6.07, 6.45) is 0. The zero-order valence-electron chi connectivity index (χ0n) is 11.0. The van der Waals surface area contributed by atoms with E-state index in [0.717, 1.165) is 29.5 Å². The molecule has 0 bridgehead atoms. The Morgan fingerprint density at radius 3 is 2.67 bits per heavy atom. The maximum atomic E-state index is 5.33. The molecule has 18 heavy (non-hydrogen) atoms. The molecule has 2 aromatic rings. The van der Waals surface area contributed by atoms with Crippen LogP contribution in [0.15, 0.2) is 24.3 Å². The summed E-state index contributed by atoms with van der Waals surface area (Å²) in [6, 6.07) is 8.08. The van der Waals surface area contributed by atoms with Gasteiger partial charge in [-0.2, -0.15) is 0 Å². The first-order chi connectivity index (χ1) is 8.70. The van der Waals surface area contributed by atoms with E-state index < -0.39 is 0 Å². The van der Waals surface area contributed by atoms with Crippen LogP contribution in [0.3, 0.4) is 0 Å². The van der Waals surface area contributed by atoms with Gasteiger partial charge < -0.3 is 10.1 Å². The van der Waals surface area contributed by atoms with Crippen molar-refractivity contribution in [2.75, 3.05) is 7.11 Å². The van der Waals surface area contributed by atoms with Crippen molar-refractivity contribution in [3.05, 3.63) is 45.4 Å². The summed E-state index contributed by atoms with van der Waals surface area (Å²) in [4.78, 5) is 5.73. The molecule has 0 aliphatic rings. The molecule has 1 aromatic heterocycles. The van der Waals surface area contributed by atoms with Gasteiger partial charge in [-0.25, -0.2) is 4.98 Å². The monoisotopic (exact) mass is 262 g/mol. The average Bonchev–Trinajstić information content (AvgIpc) is 2.68. The fourth-order valence-corrected chi connectivity index (χ4v) is 2.80. The topological polar surface area (TPSA) is 34.1 Å². The molecule has 0 saturated carbocycles. The molecular weight excluding hydrogens is 244 g/mol. The van der Waals surface area contributed by atoms with E-state index in [9.17, 15) is 0 Å². The summed E-state index contributed by atoms with van der Waals surface area (Å²) in [5, 5.41) is 4.56. The number of nitrogens with zero attached hydrogens (tertiary/aromatic N) is 1. The first kappa shape index (κ1) is 13.1. The smallest absolute Gasteiger partial charge is 0.123 e. The molecule has 0 atom stereocenters. The van der Waals surface area contributed by atoms with Crippen LogP contribution < -0.4 is 10.1 Å². The van der Waals surface area contributed by atoms with Gasteiger partial charge in [0.2, 0.25) is 0 Å². The van der Waals surface area contributed by atoms with Gasteiger partial charge in [-0.1, -0.05) is 18.2 Å². The quantitative estimate of drug-likeness (QED) is 0.899. The highest BCUT2D eigenvalue weighted by molar-refractivity contribution is 7.11. The highest BCUT2D eigenvalue weighted by atomic mass is 32.1. The maximum absolute atomic E-state index is 5.33. The predicted molar refractivity (Wildman–Crippen MR) is 75.1 cm³/mol. The van der Waals surface area contributed by atoms with Gasteiger partial charge in [-0.15, -0.1) is 11.3 Å².